The van der Waals surface area contributed by atoms with Gasteiger partial charge in [0.25, 0.3) is 5.91 Å². The SMILES string of the molecule is C=CCN1C(=O)NC(c2ccc(C)cc2C)C2=C1CN(CCC(=O)NCC(C)C)C2=O. The Morgan fingerprint density at radius 1 is 1.32 bits per heavy atom. The van der Waals surface area contributed by atoms with Crippen molar-refractivity contribution in [2.45, 2.75) is 40.2 Å². The molecule has 7 nitrogen and oxygen atoms in total. The molecule has 1 unspecified atom stereocenters. The van der Waals surface area contributed by atoms with Gasteiger partial charge in [-0.3, -0.25) is 14.5 Å². The van der Waals surface area contributed by atoms with E-state index in [9.17, 15) is 14.4 Å². The van der Waals surface area contributed by atoms with Crippen LogP contribution in [0.1, 0.15) is 43.0 Å². The first-order chi connectivity index (χ1) is 14.7. The molecule has 0 fully saturated rings. The fraction of sp³-hybridized carbons (Fsp3) is 0.458. The molecule has 3 rings (SSSR count). The smallest absolute Gasteiger partial charge is 0.322 e. The number of nitrogens with zero attached hydrogens (tertiary/aromatic N) is 2. The summed E-state index contributed by atoms with van der Waals surface area (Å²) in [5.41, 5.74) is 4.33. The normalized spacial score (nSPS) is 18.4. The zero-order valence-electron chi connectivity index (χ0n) is 18.8. The van der Waals surface area contributed by atoms with Gasteiger partial charge in [0.15, 0.2) is 0 Å². The van der Waals surface area contributed by atoms with E-state index >= 15 is 0 Å². The van der Waals surface area contributed by atoms with Gasteiger partial charge >= 0.3 is 6.03 Å². The molecule has 1 aromatic rings. The van der Waals surface area contributed by atoms with Gasteiger partial charge in [-0.05, 0) is 30.9 Å². The first kappa shape index (κ1) is 22.6. The monoisotopic (exact) mass is 424 g/mol. The summed E-state index contributed by atoms with van der Waals surface area (Å²) in [4.78, 5) is 41.6. The summed E-state index contributed by atoms with van der Waals surface area (Å²) in [6.45, 7) is 13.4. The Balaban J connectivity index is 1.85. The van der Waals surface area contributed by atoms with E-state index in [1.807, 2.05) is 45.9 Å². The van der Waals surface area contributed by atoms with Crippen LogP contribution in [0.4, 0.5) is 4.79 Å². The molecule has 166 valence electrons. The molecule has 1 aromatic carbocycles. The van der Waals surface area contributed by atoms with Gasteiger partial charge in [0.2, 0.25) is 5.91 Å². The predicted octanol–water partition coefficient (Wildman–Crippen LogP) is 2.81. The summed E-state index contributed by atoms with van der Waals surface area (Å²) < 4.78 is 0. The highest BCUT2D eigenvalue weighted by molar-refractivity contribution is 6.01. The van der Waals surface area contributed by atoms with Crippen molar-refractivity contribution in [1.29, 1.82) is 0 Å². The van der Waals surface area contributed by atoms with Gasteiger partial charge < -0.3 is 15.5 Å². The molecule has 2 N–H and O–H groups in total. The maximum atomic E-state index is 13.4. The molecule has 7 heteroatoms. The van der Waals surface area contributed by atoms with E-state index < -0.39 is 6.04 Å². The molecule has 0 saturated heterocycles. The zero-order valence-corrected chi connectivity index (χ0v) is 18.8. The number of amides is 4. The molecule has 4 amide bonds. The summed E-state index contributed by atoms with van der Waals surface area (Å²) >= 11 is 0. The first-order valence-corrected chi connectivity index (χ1v) is 10.8. The van der Waals surface area contributed by atoms with Gasteiger partial charge in [0, 0.05) is 26.1 Å². The Morgan fingerprint density at radius 2 is 2.06 bits per heavy atom. The highest BCUT2D eigenvalue weighted by Gasteiger charge is 2.43. The number of carbonyl (C=O) groups excluding carboxylic acids is 3. The summed E-state index contributed by atoms with van der Waals surface area (Å²) in [6.07, 6.45) is 1.88. The summed E-state index contributed by atoms with van der Waals surface area (Å²) in [6, 6.07) is 5.26. The second kappa shape index (κ2) is 9.37. The number of hydrogen-bond donors (Lipinski definition) is 2. The Kier molecular flexibility index (Phi) is 6.83. The Morgan fingerprint density at radius 3 is 2.71 bits per heavy atom. The molecule has 2 aliphatic rings. The maximum Gasteiger partial charge on any atom is 0.322 e. The molecule has 0 radical (unpaired) electrons. The number of aryl methyl sites for hydroxylation is 2. The minimum Gasteiger partial charge on any atom is -0.356 e. The van der Waals surface area contributed by atoms with Gasteiger partial charge in [0.1, 0.15) is 0 Å². The second-order valence-electron chi connectivity index (χ2n) is 8.68. The minimum atomic E-state index is -0.503. The van der Waals surface area contributed by atoms with Crippen LogP contribution in [0.2, 0.25) is 0 Å². The Bertz CT molecular complexity index is 935. The largest absolute Gasteiger partial charge is 0.356 e. The molecule has 31 heavy (non-hydrogen) atoms. The van der Waals surface area contributed by atoms with Gasteiger partial charge in [-0.15, -0.1) is 6.58 Å². The molecule has 0 spiro atoms. The minimum absolute atomic E-state index is 0.0746. The molecule has 2 heterocycles. The van der Waals surface area contributed by atoms with E-state index in [1.165, 1.54) is 0 Å². The quantitative estimate of drug-likeness (QED) is 0.630. The molecule has 0 aliphatic carbocycles. The van der Waals surface area contributed by atoms with E-state index in [0.29, 0.717) is 43.4 Å². The van der Waals surface area contributed by atoms with E-state index in [4.69, 9.17) is 0 Å². The molecule has 1 atom stereocenters. The van der Waals surface area contributed by atoms with Crippen molar-refractivity contribution in [3.8, 4) is 0 Å². The van der Waals surface area contributed by atoms with Crippen molar-refractivity contribution in [1.82, 2.24) is 20.4 Å². The third-order valence-electron chi connectivity index (χ3n) is 5.66. The van der Waals surface area contributed by atoms with E-state index in [0.717, 1.165) is 16.7 Å². The van der Waals surface area contributed by atoms with Crippen LogP contribution >= 0.6 is 0 Å². The van der Waals surface area contributed by atoms with E-state index in [2.05, 4.69) is 17.2 Å². The number of hydrogen-bond acceptors (Lipinski definition) is 3. The van der Waals surface area contributed by atoms with Gasteiger partial charge in [-0.1, -0.05) is 43.7 Å². The van der Waals surface area contributed by atoms with Crippen LogP contribution in [0.3, 0.4) is 0 Å². The molecule has 0 bridgehead atoms. The lowest BCUT2D eigenvalue weighted by Gasteiger charge is -2.33. The molecular weight excluding hydrogens is 392 g/mol. The summed E-state index contributed by atoms with van der Waals surface area (Å²) in [5, 5.41) is 5.89. The molecule has 2 aliphatic heterocycles. The fourth-order valence-corrected chi connectivity index (χ4v) is 4.08. The van der Waals surface area contributed by atoms with Gasteiger partial charge in [0.05, 0.1) is 23.9 Å². The predicted molar refractivity (Wildman–Crippen MR) is 120 cm³/mol. The maximum absolute atomic E-state index is 13.4. The third-order valence-corrected chi connectivity index (χ3v) is 5.66. The molecule has 0 saturated carbocycles. The third kappa shape index (κ3) is 4.81. The van der Waals surface area contributed by atoms with Crippen LogP contribution in [0.15, 0.2) is 42.1 Å². The van der Waals surface area contributed by atoms with E-state index in [-0.39, 0.29) is 24.3 Å². The van der Waals surface area contributed by atoms with Crippen molar-refractivity contribution in [3.05, 3.63) is 58.8 Å². The van der Waals surface area contributed by atoms with Crippen LogP contribution in [-0.2, 0) is 9.59 Å². The topological polar surface area (TPSA) is 81.8 Å². The van der Waals surface area contributed by atoms with Crippen LogP contribution in [0, 0.1) is 19.8 Å². The highest BCUT2D eigenvalue weighted by atomic mass is 16.2. The molecular formula is C24H32N4O3. The number of benzene rings is 1. The zero-order chi connectivity index (χ0) is 22.7. The Hall–Kier alpha value is -3.09. The fourth-order valence-electron chi connectivity index (χ4n) is 4.08. The van der Waals surface area contributed by atoms with Crippen molar-refractivity contribution >= 4 is 17.8 Å². The van der Waals surface area contributed by atoms with E-state index in [1.54, 1.807) is 15.9 Å². The van der Waals surface area contributed by atoms with Crippen LogP contribution in [-0.4, -0.2) is 53.8 Å². The number of rotatable bonds is 8. The average Bonchev–Trinajstić information content (AvgIpc) is 3.03. The highest BCUT2D eigenvalue weighted by Crippen LogP contribution is 2.37. The summed E-state index contributed by atoms with van der Waals surface area (Å²) in [7, 11) is 0. The van der Waals surface area contributed by atoms with Crippen LogP contribution in [0.5, 0.6) is 0 Å². The van der Waals surface area contributed by atoms with Crippen LogP contribution in [0.25, 0.3) is 0 Å². The van der Waals surface area contributed by atoms with Crippen molar-refractivity contribution in [2.75, 3.05) is 26.2 Å². The average molecular weight is 425 g/mol. The summed E-state index contributed by atoms with van der Waals surface area (Å²) in [5.74, 6) is 0.162. The van der Waals surface area contributed by atoms with Gasteiger partial charge in [-0.25, -0.2) is 4.79 Å². The van der Waals surface area contributed by atoms with Crippen molar-refractivity contribution in [3.63, 3.8) is 0 Å². The lowest BCUT2D eigenvalue weighted by atomic mass is 9.91. The van der Waals surface area contributed by atoms with Crippen molar-refractivity contribution < 1.29 is 14.4 Å². The lowest BCUT2D eigenvalue weighted by molar-refractivity contribution is -0.127. The molecule has 0 aromatic heterocycles. The van der Waals surface area contributed by atoms with Crippen LogP contribution < -0.4 is 10.6 Å². The lowest BCUT2D eigenvalue weighted by Crippen LogP contribution is -2.47. The Labute approximate surface area is 184 Å². The standard InChI is InChI=1S/C24H32N4O3/c1-6-10-28-19-14-27(11-9-20(29)25-13-15(2)3)23(30)21(19)22(26-24(28)31)18-8-7-16(4)12-17(18)5/h6-8,12,15,22H,1,9-11,13-14H2,2-5H3,(H,25,29)(H,26,31). The second-order valence-corrected chi connectivity index (χ2v) is 8.68. The number of carbonyl (C=O) groups is 3. The number of nitrogens with one attached hydrogen (secondary N) is 2. The van der Waals surface area contributed by atoms with Gasteiger partial charge in [-0.2, -0.15) is 0 Å². The number of urea groups is 1. The first-order valence-electron chi connectivity index (χ1n) is 10.8. The van der Waals surface area contributed by atoms with Crippen molar-refractivity contribution in [2.24, 2.45) is 5.92 Å².